The Bertz CT molecular complexity index is 2940. The summed E-state index contributed by atoms with van der Waals surface area (Å²) in [4.78, 5) is 0. The molecule has 10 rings (SSSR count). The number of benzene rings is 9. The maximum absolute atomic E-state index is 6.45. The van der Waals surface area contributed by atoms with Crippen molar-refractivity contribution in [3.63, 3.8) is 0 Å². The summed E-state index contributed by atoms with van der Waals surface area (Å²) in [6.07, 6.45) is 0. The maximum Gasteiger partial charge on any atom is 0.177 e. The molecule has 0 unspecified atom stereocenters. The molecular weight excluding hydrogens is 641 g/mol. The van der Waals surface area contributed by atoms with Crippen LogP contribution in [0.1, 0.15) is 0 Å². The molecule has 0 fully saturated rings. The second kappa shape index (κ2) is 12.9. The van der Waals surface area contributed by atoms with Crippen LogP contribution in [0, 0.1) is 12.1 Å². The fraction of sp³-hybridized carbons (Fsp3) is 0. The van der Waals surface area contributed by atoms with E-state index in [9.17, 15) is 0 Å². The third kappa shape index (κ3) is 5.37. The van der Waals surface area contributed by atoms with Gasteiger partial charge in [0, 0.05) is 0 Å². The van der Waals surface area contributed by atoms with Gasteiger partial charge in [-0.15, -0.1) is 0 Å². The van der Waals surface area contributed by atoms with Gasteiger partial charge in [-0.05, 0) is 130 Å². The number of hydrogen-bond donors (Lipinski definition) is 0. The molecule has 0 amide bonds. The van der Waals surface area contributed by atoms with E-state index >= 15 is 0 Å². The van der Waals surface area contributed by atoms with Crippen molar-refractivity contribution in [1.82, 2.24) is 0 Å². The highest BCUT2D eigenvalue weighted by molar-refractivity contribution is 6.26. The minimum absolute atomic E-state index is 0.634. The van der Waals surface area contributed by atoms with E-state index in [2.05, 4.69) is 188 Å². The Balaban J connectivity index is 1.27. The molecule has 0 aliphatic rings. The average molecular weight is 673 g/mol. The molecule has 0 saturated carbocycles. The molecule has 0 atom stereocenters. The smallest absolute Gasteiger partial charge is 0.177 e. The molecule has 0 aliphatic carbocycles. The van der Waals surface area contributed by atoms with Crippen LogP contribution in [0.3, 0.4) is 0 Å². The topological polar surface area (TPSA) is 9.23 Å². The highest BCUT2D eigenvalue weighted by Gasteiger charge is 2.21. The molecule has 1 nitrogen and oxygen atoms in total. The lowest BCUT2D eigenvalue weighted by Crippen LogP contribution is -1.94. The Hall–Kier alpha value is -7.14. The van der Waals surface area contributed by atoms with Crippen molar-refractivity contribution in [2.24, 2.45) is 0 Å². The van der Waals surface area contributed by atoms with Crippen molar-refractivity contribution < 1.29 is 4.74 Å². The summed E-state index contributed by atoms with van der Waals surface area (Å²) in [5.74, 6) is 1.39. The summed E-state index contributed by atoms with van der Waals surface area (Å²) in [5.41, 5.74) is 9.58. The normalized spacial score (nSPS) is 11.2. The van der Waals surface area contributed by atoms with Gasteiger partial charge in [0.2, 0.25) is 0 Å². The van der Waals surface area contributed by atoms with Crippen LogP contribution in [0.5, 0.6) is 11.5 Å². The van der Waals surface area contributed by atoms with Gasteiger partial charge < -0.3 is 4.74 Å². The van der Waals surface area contributed by atoms with Crippen molar-refractivity contribution in [2.75, 3.05) is 0 Å². The first-order valence-electron chi connectivity index (χ1n) is 18.0. The second-order valence-electron chi connectivity index (χ2n) is 13.4. The summed E-state index contributed by atoms with van der Waals surface area (Å²) in [6.45, 7) is 0. The molecule has 0 radical (unpaired) electrons. The number of ether oxygens (including phenoxy) is 1. The quantitative estimate of drug-likeness (QED) is 0.126. The van der Waals surface area contributed by atoms with Crippen molar-refractivity contribution in [3.8, 4) is 56.0 Å². The van der Waals surface area contributed by atoms with Crippen molar-refractivity contribution in [3.05, 3.63) is 206 Å². The van der Waals surface area contributed by atoms with Crippen molar-refractivity contribution in [2.45, 2.75) is 0 Å². The van der Waals surface area contributed by atoms with Crippen LogP contribution < -0.4 is 4.74 Å². The lowest BCUT2D eigenvalue weighted by atomic mass is 9.82. The van der Waals surface area contributed by atoms with Gasteiger partial charge >= 0.3 is 0 Å². The maximum atomic E-state index is 6.45. The van der Waals surface area contributed by atoms with Crippen molar-refractivity contribution >= 4 is 43.1 Å². The van der Waals surface area contributed by atoms with Gasteiger partial charge in [-0.2, -0.15) is 0 Å². The largest absolute Gasteiger partial charge is 0.448 e. The molecule has 1 heteroatoms. The van der Waals surface area contributed by atoms with E-state index in [4.69, 9.17) is 4.74 Å². The zero-order valence-electron chi connectivity index (χ0n) is 28.9. The third-order valence-electron chi connectivity index (χ3n) is 10.4. The van der Waals surface area contributed by atoms with E-state index in [0.717, 1.165) is 11.1 Å². The third-order valence-corrected chi connectivity index (χ3v) is 10.4. The minimum atomic E-state index is 0.634. The van der Waals surface area contributed by atoms with Crippen LogP contribution in [0.2, 0.25) is 0 Å². The lowest BCUT2D eigenvalue weighted by molar-refractivity contribution is 0.484. The fourth-order valence-corrected chi connectivity index (χ4v) is 8.01. The predicted molar refractivity (Wildman–Crippen MR) is 222 cm³/mol. The highest BCUT2D eigenvalue weighted by atomic mass is 16.5. The standard InChI is InChI=1S/C52H32O/c1-3-15-35(16-4-1)36-27-29-37(30-28-36)41-20-9-12-24-45(41)51-46-25-13-14-26-47(46)52(50-34-40(31-32-48(50)51)53-39-18-5-2-6-19-39)49-33-38-17-7-8-21-42(38)43-22-10-11-23-44(43)49/h1-5,7-18,20-34H. The van der Waals surface area contributed by atoms with Gasteiger partial charge in [-0.3, -0.25) is 0 Å². The average Bonchev–Trinajstić information content (AvgIpc) is 3.23. The van der Waals surface area contributed by atoms with Crippen LogP contribution in [-0.4, -0.2) is 0 Å². The van der Waals surface area contributed by atoms with Crippen LogP contribution >= 0.6 is 0 Å². The molecule has 0 heterocycles. The SMILES string of the molecule is c1cccc(Oc2ccc3c(-c4ccccc4-c4ccc(-c5ccccc5)cc4)c4ccccc4c(-c4cc5ccccc5c5ccccc45)c3c2)c#1. The van der Waals surface area contributed by atoms with E-state index in [1.54, 1.807) is 0 Å². The molecule has 53 heavy (non-hydrogen) atoms. The molecule has 10 aromatic carbocycles. The van der Waals surface area contributed by atoms with Crippen molar-refractivity contribution in [1.29, 1.82) is 0 Å². The Kier molecular flexibility index (Phi) is 7.45. The first kappa shape index (κ1) is 30.7. The summed E-state index contributed by atoms with van der Waals surface area (Å²) in [6, 6.07) is 75.4. The number of fused-ring (bicyclic) bond motifs is 5. The number of rotatable bonds is 6. The van der Waals surface area contributed by atoms with Crippen LogP contribution in [0.15, 0.2) is 194 Å². The molecule has 0 spiro atoms. The molecular formula is C52H32O. The lowest BCUT2D eigenvalue weighted by Gasteiger charge is -2.21. The molecule has 0 bridgehead atoms. The summed E-state index contributed by atoms with van der Waals surface area (Å²) in [5, 5.41) is 9.64. The Morgan fingerprint density at radius 3 is 1.68 bits per heavy atom. The van der Waals surface area contributed by atoms with E-state index in [0.29, 0.717) is 5.75 Å². The van der Waals surface area contributed by atoms with Gasteiger partial charge in [0.25, 0.3) is 0 Å². The molecule has 0 aromatic heterocycles. The van der Waals surface area contributed by atoms with Gasteiger partial charge in [0.15, 0.2) is 5.75 Å². The van der Waals surface area contributed by atoms with Gasteiger partial charge in [0.05, 0.1) is 0 Å². The number of hydrogen-bond acceptors (Lipinski definition) is 1. The van der Waals surface area contributed by atoms with Gasteiger partial charge in [-0.1, -0.05) is 164 Å². The van der Waals surface area contributed by atoms with Gasteiger partial charge in [-0.25, -0.2) is 0 Å². The minimum Gasteiger partial charge on any atom is -0.448 e. The highest BCUT2D eigenvalue weighted by Crippen LogP contribution is 2.49. The zero-order chi connectivity index (χ0) is 35.1. The first-order valence-corrected chi connectivity index (χ1v) is 18.0. The van der Waals surface area contributed by atoms with E-state index in [-0.39, 0.29) is 0 Å². The van der Waals surface area contributed by atoms with Crippen LogP contribution in [0.4, 0.5) is 0 Å². The van der Waals surface area contributed by atoms with Crippen LogP contribution in [-0.2, 0) is 0 Å². The first-order chi connectivity index (χ1) is 26.3. The molecule has 0 saturated heterocycles. The Labute approximate surface area is 309 Å². The monoisotopic (exact) mass is 672 g/mol. The van der Waals surface area contributed by atoms with Crippen LogP contribution in [0.25, 0.3) is 87.6 Å². The fourth-order valence-electron chi connectivity index (χ4n) is 8.01. The van der Waals surface area contributed by atoms with E-state index < -0.39 is 0 Å². The molecule has 246 valence electrons. The summed E-state index contributed by atoms with van der Waals surface area (Å²) in [7, 11) is 0. The zero-order valence-corrected chi connectivity index (χ0v) is 28.9. The Morgan fingerprint density at radius 1 is 0.340 bits per heavy atom. The van der Waals surface area contributed by atoms with E-state index in [1.807, 2.05) is 18.2 Å². The summed E-state index contributed by atoms with van der Waals surface area (Å²) < 4.78 is 6.45. The predicted octanol–water partition coefficient (Wildman–Crippen LogP) is 14.4. The Morgan fingerprint density at radius 2 is 0.925 bits per heavy atom. The molecule has 0 N–H and O–H groups in total. The molecule has 10 aromatic rings. The molecule has 0 aliphatic heterocycles. The van der Waals surface area contributed by atoms with E-state index in [1.165, 1.54) is 82.2 Å². The second-order valence-corrected chi connectivity index (χ2v) is 13.4. The van der Waals surface area contributed by atoms with Gasteiger partial charge in [0.1, 0.15) is 5.75 Å². The summed E-state index contributed by atoms with van der Waals surface area (Å²) >= 11 is 0.